The van der Waals surface area contributed by atoms with Gasteiger partial charge in [-0.25, -0.2) is 0 Å². The minimum absolute atomic E-state index is 0.0964. The summed E-state index contributed by atoms with van der Waals surface area (Å²) in [4.78, 5) is 18.5. The SMILES string of the molecule is CNc1snc(C)c1C(=O)N1CCN(Cc2ccc(Br)s2)CC1. The summed E-state index contributed by atoms with van der Waals surface area (Å²) < 4.78 is 5.46. The molecular formula is C15H19BrN4OS2. The Hall–Kier alpha value is -0.960. The summed E-state index contributed by atoms with van der Waals surface area (Å²) in [6, 6.07) is 4.25. The molecule has 0 aromatic carbocycles. The van der Waals surface area contributed by atoms with Gasteiger partial charge in [-0.3, -0.25) is 9.69 Å². The number of nitrogens with one attached hydrogen (secondary N) is 1. The van der Waals surface area contributed by atoms with Crippen molar-refractivity contribution in [3.05, 3.63) is 32.1 Å². The predicted octanol–water partition coefficient (Wildman–Crippen LogP) is 3.28. The van der Waals surface area contributed by atoms with Crippen LogP contribution in [0.5, 0.6) is 0 Å². The Kier molecular flexibility index (Phi) is 5.35. The molecule has 2 aromatic heterocycles. The zero-order chi connectivity index (χ0) is 16.4. The van der Waals surface area contributed by atoms with Crippen LogP contribution in [0.15, 0.2) is 15.9 Å². The molecule has 1 amide bonds. The minimum Gasteiger partial charge on any atom is -0.378 e. The molecule has 2 aromatic rings. The highest BCUT2D eigenvalue weighted by Gasteiger charge is 2.26. The van der Waals surface area contributed by atoms with Crippen molar-refractivity contribution >= 4 is 49.7 Å². The zero-order valence-electron chi connectivity index (χ0n) is 13.1. The molecule has 0 spiro atoms. The van der Waals surface area contributed by atoms with Crippen LogP contribution in [0.1, 0.15) is 20.9 Å². The minimum atomic E-state index is 0.0964. The second-order valence-corrected chi connectivity index (χ2v) is 8.82. The number of hydrogen-bond acceptors (Lipinski definition) is 6. The smallest absolute Gasteiger partial charge is 0.258 e. The number of thiophene rings is 1. The van der Waals surface area contributed by atoms with Gasteiger partial charge in [-0.1, -0.05) is 0 Å². The van der Waals surface area contributed by atoms with Crippen molar-refractivity contribution in [1.29, 1.82) is 0 Å². The van der Waals surface area contributed by atoms with Crippen molar-refractivity contribution in [3.8, 4) is 0 Å². The van der Waals surface area contributed by atoms with Crippen LogP contribution < -0.4 is 5.32 Å². The molecule has 1 saturated heterocycles. The highest BCUT2D eigenvalue weighted by molar-refractivity contribution is 9.11. The van der Waals surface area contributed by atoms with E-state index in [1.54, 1.807) is 11.3 Å². The Balaban J connectivity index is 1.60. The number of amides is 1. The number of piperazine rings is 1. The summed E-state index contributed by atoms with van der Waals surface area (Å²) >= 11 is 6.63. The number of aromatic nitrogens is 1. The quantitative estimate of drug-likeness (QED) is 0.833. The molecule has 1 aliphatic heterocycles. The Morgan fingerprint density at radius 3 is 2.70 bits per heavy atom. The van der Waals surface area contributed by atoms with E-state index in [-0.39, 0.29) is 5.91 Å². The molecule has 0 atom stereocenters. The van der Waals surface area contributed by atoms with Crippen LogP contribution in [0.25, 0.3) is 0 Å². The maximum absolute atomic E-state index is 12.8. The lowest BCUT2D eigenvalue weighted by Crippen LogP contribution is -2.48. The standard InChI is InChI=1S/C15H19BrN4OS2/c1-10-13(14(17-2)23-18-10)15(21)20-7-5-19(6-8-20)9-11-3-4-12(16)22-11/h3-4,17H,5-9H2,1-2H3. The molecule has 0 aliphatic carbocycles. The monoisotopic (exact) mass is 414 g/mol. The van der Waals surface area contributed by atoms with Crippen LogP contribution in [0.2, 0.25) is 0 Å². The fraction of sp³-hybridized carbons (Fsp3) is 0.467. The van der Waals surface area contributed by atoms with Gasteiger partial charge in [0.25, 0.3) is 5.91 Å². The van der Waals surface area contributed by atoms with Crippen molar-refractivity contribution in [2.24, 2.45) is 0 Å². The molecule has 3 heterocycles. The third-order valence-electron chi connectivity index (χ3n) is 3.97. The molecular weight excluding hydrogens is 396 g/mol. The second-order valence-electron chi connectivity index (χ2n) is 5.50. The molecule has 0 saturated carbocycles. The molecule has 0 bridgehead atoms. The van der Waals surface area contributed by atoms with E-state index in [1.165, 1.54) is 20.2 Å². The molecule has 23 heavy (non-hydrogen) atoms. The van der Waals surface area contributed by atoms with Crippen molar-refractivity contribution in [2.45, 2.75) is 13.5 Å². The predicted molar refractivity (Wildman–Crippen MR) is 99.6 cm³/mol. The number of nitrogens with zero attached hydrogens (tertiary/aromatic N) is 3. The maximum atomic E-state index is 12.8. The van der Waals surface area contributed by atoms with Gasteiger partial charge in [-0.05, 0) is 46.5 Å². The van der Waals surface area contributed by atoms with E-state index < -0.39 is 0 Å². The summed E-state index contributed by atoms with van der Waals surface area (Å²) in [6.07, 6.45) is 0. The molecule has 5 nitrogen and oxygen atoms in total. The first kappa shape index (κ1) is 16.9. The summed E-state index contributed by atoms with van der Waals surface area (Å²) in [5.41, 5.74) is 1.54. The van der Waals surface area contributed by atoms with Gasteiger partial charge in [0.15, 0.2) is 0 Å². The van der Waals surface area contributed by atoms with Gasteiger partial charge >= 0.3 is 0 Å². The topological polar surface area (TPSA) is 48.5 Å². The number of carbonyl (C=O) groups is 1. The number of carbonyl (C=O) groups excluding carboxylic acids is 1. The lowest BCUT2D eigenvalue weighted by atomic mass is 10.2. The molecule has 0 unspecified atom stereocenters. The molecule has 1 aliphatic rings. The van der Waals surface area contributed by atoms with Crippen LogP contribution in [0.3, 0.4) is 0 Å². The average molecular weight is 415 g/mol. The third kappa shape index (κ3) is 3.76. The van der Waals surface area contributed by atoms with Crippen molar-refractivity contribution in [1.82, 2.24) is 14.2 Å². The lowest BCUT2D eigenvalue weighted by molar-refractivity contribution is 0.0630. The first-order valence-corrected chi connectivity index (χ1v) is 9.86. The lowest BCUT2D eigenvalue weighted by Gasteiger charge is -2.34. The van der Waals surface area contributed by atoms with E-state index in [0.29, 0.717) is 0 Å². The first-order valence-electron chi connectivity index (χ1n) is 7.48. The Morgan fingerprint density at radius 2 is 2.09 bits per heavy atom. The van der Waals surface area contributed by atoms with Gasteiger partial charge < -0.3 is 10.2 Å². The van der Waals surface area contributed by atoms with Crippen molar-refractivity contribution < 1.29 is 4.79 Å². The Labute approximate surface area is 152 Å². The van der Waals surface area contributed by atoms with E-state index in [4.69, 9.17) is 0 Å². The van der Waals surface area contributed by atoms with Crippen molar-refractivity contribution in [3.63, 3.8) is 0 Å². The largest absolute Gasteiger partial charge is 0.378 e. The fourth-order valence-electron chi connectivity index (χ4n) is 2.72. The Bertz CT molecular complexity index is 691. The molecule has 3 rings (SSSR count). The highest BCUT2D eigenvalue weighted by Crippen LogP contribution is 2.26. The van der Waals surface area contributed by atoms with Gasteiger partial charge in [-0.15, -0.1) is 11.3 Å². The fourth-order valence-corrected chi connectivity index (χ4v) is 4.98. The van der Waals surface area contributed by atoms with Gasteiger partial charge in [-0.2, -0.15) is 4.37 Å². The van der Waals surface area contributed by atoms with Crippen molar-refractivity contribution in [2.75, 3.05) is 38.5 Å². The average Bonchev–Trinajstić information content (AvgIpc) is 3.13. The van der Waals surface area contributed by atoms with Gasteiger partial charge in [0, 0.05) is 44.6 Å². The number of aryl methyl sites for hydroxylation is 1. The van der Waals surface area contributed by atoms with Crippen LogP contribution in [-0.4, -0.2) is 53.3 Å². The molecule has 8 heteroatoms. The molecule has 1 N–H and O–H groups in total. The summed E-state index contributed by atoms with van der Waals surface area (Å²) in [5, 5.41) is 3.93. The second kappa shape index (κ2) is 7.29. The summed E-state index contributed by atoms with van der Waals surface area (Å²) in [7, 11) is 1.83. The van der Waals surface area contributed by atoms with Gasteiger partial charge in [0.1, 0.15) is 5.00 Å². The number of anilines is 1. The number of hydrogen-bond donors (Lipinski definition) is 1. The summed E-state index contributed by atoms with van der Waals surface area (Å²) in [6.45, 7) is 6.21. The van der Waals surface area contributed by atoms with Gasteiger partial charge in [0.05, 0.1) is 15.0 Å². The van der Waals surface area contributed by atoms with E-state index in [2.05, 4.69) is 42.7 Å². The maximum Gasteiger partial charge on any atom is 0.258 e. The summed E-state index contributed by atoms with van der Waals surface area (Å²) in [5.74, 6) is 0.0964. The van der Waals surface area contributed by atoms with Crippen LogP contribution in [0, 0.1) is 6.92 Å². The first-order chi connectivity index (χ1) is 11.1. The molecule has 1 fully saturated rings. The highest BCUT2D eigenvalue weighted by atomic mass is 79.9. The normalized spacial score (nSPS) is 15.9. The number of halogens is 1. The van der Waals surface area contributed by atoms with Crippen LogP contribution in [0.4, 0.5) is 5.00 Å². The van der Waals surface area contributed by atoms with E-state index in [9.17, 15) is 4.79 Å². The molecule has 124 valence electrons. The van der Waals surface area contributed by atoms with E-state index in [1.807, 2.05) is 18.9 Å². The van der Waals surface area contributed by atoms with Gasteiger partial charge in [0.2, 0.25) is 0 Å². The third-order valence-corrected chi connectivity index (χ3v) is 6.54. The van der Waals surface area contributed by atoms with Crippen LogP contribution in [-0.2, 0) is 6.54 Å². The number of rotatable bonds is 4. The molecule has 0 radical (unpaired) electrons. The Morgan fingerprint density at radius 1 is 1.35 bits per heavy atom. The zero-order valence-corrected chi connectivity index (χ0v) is 16.4. The van der Waals surface area contributed by atoms with Crippen LogP contribution >= 0.6 is 38.8 Å². The van der Waals surface area contributed by atoms with E-state index >= 15 is 0 Å². The van der Waals surface area contributed by atoms with E-state index in [0.717, 1.165) is 49.0 Å².